The molecular weight excluding hydrogens is 324 g/mol. The van der Waals surface area contributed by atoms with Gasteiger partial charge >= 0.3 is 11.9 Å². The monoisotopic (exact) mass is 342 g/mol. The Morgan fingerprint density at radius 3 is 2.35 bits per heavy atom. The maximum Gasteiger partial charge on any atom is 0.310 e. The van der Waals surface area contributed by atoms with Gasteiger partial charge in [-0.3, -0.25) is 9.59 Å². The molecule has 0 spiro atoms. The minimum Gasteiger partial charge on any atom is -0.469 e. The summed E-state index contributed by atoms with van der Waals surface area (Å²) in [7, 11) is 1.38. The second-order valence-corrected chi connectivity index (χ2v) is 4.91. The smallest absolute Gasteiger partial charge is 0.310 e. The summed E-state index contributed by atoms with van der Waals surface area (Å²) in [6, 6.07) is 5.92. The lowest BCUT2D eigenvalue weighted by Gasteiger charge is -2.08. The number of rotatable bonds is 7. The number of methoxy groups -OCH3 is 1. The van der Waals surface area contributed by atoms with Crippen LogP contribution in [0.2, 0.25) is 0 Å². The van der Waals surface area contributed by atoms with Gasteiger partial charge in [-0.05, 0) is 30.0 Å². The molecule has 0 fully saturated rings. The van der Waals surface area contributed by atoms with Crippen LogP contribution >= 0.6 is 15.9 Å². The molecule has 5 heteroatoms. The van der Waals surface area contributed by atoms with E-state index in [4.69, 9.17) is 4.74 Å². The molecule has 0 radical (unpaired) electrons. The van der Waals surface area contributed by atoms with Crippen LogP contribution in [0.1, 0.15) is 30.0 Å². The van der Waals surface area contributed by atoms with E-state index in [2.05, 4.69) is 20.7 Å². The third kappa shape index (κ3) is 5.74. The number of carbonyl (C=O) groups is 2. The average molecular weight is 343 g/mol. The Labute approximate surface area is 127 Å². The van der Waals surface area contributed by atoms with Gasteiger partial charge in [-0.25, -0.2) is 0 Å². The summed E-state index contributed by atoms with van der Waals surface area (Å²) in [5.41, 5.74) is 3.00. The lowest BCUT2D eigenvalue weighted by atomic mass is 10.0. The molecule has 4 nitrogen and oxygen atoms in total. The van der Waals surface area contributed by atoms with Gasteiger partial charge in [0.05, 0.1) is 20.1 Å². The lowest BCUT2D eigenvalue weighted by molar-refractivity contribution is -0.142. The van der Waals surface area contributed by atoms with Crippen LogP contribution in [0, 0.1) is 0 Å². The van der Waals surface area contributed by atoms with E-state index in [-0.39, 0.29) is 18.4 Å². The zero-order valence-corrected chi connectivity index (χ0v) is 13.4. The summed E-state index contributed by atoms with van der Waals surface area (Å²) in [5.74, 6) is -0.473. The van der Waals surface area contributed by atoms with Crippen LogP contribution in [0.5, 0.6) is 0 Å². The molecule has 0 unspecified atom stereocenters. The van der Waals surface area contributed by atoms with Gasteiger partial charge in [0, 0.05) is 11.8 Å². The van der Waals surface area contributed by atoms with Gasteiger partial charge in [0.2, 0.25) is 0 Å². The SMILES string of the molecule is CCOC(=O)Cc1cc(CBr)cc(CCC(=O)OC)c1. The molecule has 0 heterocycles. The molecule has 0 aliphatic rings. The number of hydrogen-bond donors (Lipinski definition) is 0. The lowest BCUT2D eigenvalue weighted by Crippen LogP contribution is -2.08. The normalized spacial score (nSPS) is 10.2. The number of aryl methyl sites for hydroxylation is 1. The molecule has 0 aromatic heterocycles. The second-order valence-electron chi connectivity index (χ2n) is 4.35. The average Bonchev–Trinajstić information content (AvgIpc) is 2.44. The Morgan fingerprint density at radius 2 is 1.75 bits per heavy atom. The summed E-state index contributed by atoms with van der Waals surface area (Å²) < 4.78 is 9.58. The molecule has 0 saturated heterocycles. The van der Waals surface area contributed by atoms with Gasteiger partial charge in [-0.1, -0.05) is 34.1 Å². The maximum atomic E-state index is 11.5. The predicted octanol–water partition coefficient (Wildman–Crippen LogP) is 2.79. The van der Waals surface area contributed by atoms with E-state index in [9.17, 15) is 9.59 Å². The minimum atomic E-state index is -0.238. The number of hydrogen-bond acceptors (Lipinski definition) is 4. The third-order valence-electron chi connectivity index (χ3n) is 2.77. The van der Waals surface area contributed by atoms with E-state index in [1.54, 1.807) is 6.92 Å². The van der Waals surface area contributed by atoms with Crippen LogP contribution < -0.4 is 0 Å². The summed E-state index contributed by atoms with van der Waals surface area (Å²) >= 11 is 3.41. The number of esters is 2. The van der Waals surface area contributed by atoms with Crippen LogP contribution in [0.3, 0.4) is 0 Å². The first kappa shape index (κ1) is 16.7. The molecule has 0 aliphatic heterocycles. The fourth-order valence-electron chi connectivity index (χ4n) is 1.89. The first-order chi connectivity index (χ1) is 9.58. The molecule has 0 atom stereocenters. The highest BCUT2D eigenvalue weighted by Gasteiger charge is 2.08. The van der Waals surface area contributed by atoms with Crippen molar-refractivity contribution in [3.05, 3.63) is 34.9 Å². The highest BCUT2D eigenvalue weighted by atomic mass is 79.9. The summed E-state index contributed by atoms with van der Waals surface area (Å²) in [6.07, 6.45) is 1.18. The van der Waals surface area contributed by atoms with Crippen molar-refractivity contribution in [1.82, 2.24) is 0 Å². The zero-order valence-electron chi connectivity index (χ0n) is 11.8. The van der Waals surface area contributed by atoms with Gasteiger partial charge in [-0.2, -0.15) is 0 Å². The Balaban J connectivity index is 2.79. The van der Waals surface area contributed by atoms with Gasteiger partial charge in [0.1, 0.15) is 0 Å². The van der Waals surface area contributed by atoms with Crippen molar-refractivity contribution >= 4 is 27.9 Å². The number of benzene rings is 1. The van der Waals surface area contributed by atoms with Crippen LogP contribution in [0.4, 0.5) is 0 Å². The van der Waals surface area contributed by atoms with Gasteiger partial charge in [0.15, 0.2) is 0 Å². The molecule has 0 aliphatic carbocycles. The molecule has 1 rings (SSSR count). The van der Waals surface area contributed by atoms with Crippen molar-refractivity contribution in [2.75, 3.05) is 13.7 Å². The Morgan fingerprint density at radius 1 is 1.10 bits per heavy atom. The van der Waals surface area contributed by atoms with Crippen LogP contribution in [-0.2, 0) is 37.2 Å². The Kier molecular flexibility index (Phi) is 7.30. The van der Waals surface area contributed by atoms with E-state index in [1.807, 2.05) is 18.2 Å². The number of ether oxygens (including phenoxy) is 2. The van der Waals surface area contributed by atoms with Crippen molar-refractivity contribution in [1.29, 1.82) is 0 Å². The molecule has 0 amide bonds. The van der Waals surface area contributed by atoms with Crippen molar-refractivity contribution in [2.45, 2.75) is 31.5 Å². The van der Waals surface area contributed by atoms with Crippen LogP contribution in [0.15, 0.2) is 18.2 Å². The fourth-order valence-corrected chi connectivity index (χ4v) is 2.21. The molecular formula is C15H19BrO4. The van der Waals surface area contributed by atoms with Crippen molar-refractivity contribution < 1.29 is 19.1 Å². The van der Waals surface area contributed by atoms with Crippen molar-refractivity contribution in [2.24, 2.45) is 0 Å². The number of carbonyl (C=O) groups excluding carboxylic acids is 2. The molecule has 1 aromatic rings. The first-order valence-corrected chi connectivity index (χ1v) is 7.61. The van der Waals surface area contributed by atoms with Gasteiger partial charge < -0.3 is 9.47 Å². The van der Waals surface area contributed by atoms with E-state index < -0.39 is 0 Å². The highest BCUT2D eigenvalue weighted by molar-refractivity contribution is 9.08. The zero-order chi connectivity index (χ0) is 15.0. The second kappa shape index (κ2) is 8.74. The van der Waals surface area contributed by atoms with Gasteiger partial charge in [0.25, 0.3) is 0 Å². The molecule has 1 aromatic carbocycles. The predicted molar refractivity (Wildman–Crippen MR) is 79.7 cm³/mol. The van der Waals surface area contributed by atoms with E-state index >= 15 is 0 Å². The minimum absolute atomic E-state index is 0.235. The molecule has 110 valence electrons. The molecule has 0 bridgehead atoms. The highest BCUT2D eigenvalue weighted by Crippen LogP contribution is 2.16. The van der Waals surface area contributed by atoms with Gasteiger partial charge in [-0.15, -0.1) is 0 Å². The van der Waals surface area contributed by atoms with Crippen molar-refractivity contribution in [3.8, 4) is 0 Å². The molecule has 0 saturated carbocycles. The topological polar surface area (TPSA) is 52.6 Å². The third-order valence-corrected chi connectivity index (χ3v) is 3.41. The Bertz CT molecular complexity index is 471. The quantitative estimate of drug-likeness (QED) is 0.564. The van der Waals surface area contributed by atoms with E-state index in [0.717, 1.165) is 16.7 Å². The molecule has 0 N–H and O–H groups in total. The number of alkyl halides is 1. The van der Waals surface area contributed by atoms with Crippen molar-refractivity contribution in [3.63, 3.8) is 0 Å². The van der Waals surface area contributed by atoms with E-state index in [0.29, 0.717) is 24.8 Å². The van der Waals surface area contributed by atoms with Crippen LogP contribution in [-0.4, -0.2) is 25.7 Å². The number of halogens is 1. The maximum absolute atomic E-state index is 11.5. The first-order valence-electron chi connectivity index (χ1n) is 6.49. The summed E-state index contributed by atoms with van der Waals surface area (Å²) in [5, 5.41) is 0.703. The summed E-state index contributed by atoms with van der Waals surface area (Å²) in [6.45, 7) is 2.17. The fraction of sp³-hybridized carbons (Fsp3) is 0.467. The van der Waals surface area contributed by atoms with E-state index in [1.165, 1.54) is 7.11 Å². The van der Waals surface area contributed by atoms with Crippen LogP contribution in [0.25, 0.3) is 0 Å². The standard InChI is InChI=1S/C15H19BrO4/c1-3-20-15(18)9-12-6-11(4-5-14(17)19-2)7-13(8-12)10-16/h6-8H,3-5,9-10H2,1-2H3. The Hall–Kier alpha value is -1.36. The largest absolute Gasteiger partial charge is 0.469 e. The molecule has 20 heavy (non-hydrogen) atoms. The summed E-state index contributed by atoms with van der Waals surface area (Å²) in [4.78, 5) is 22.7.